The number of aromatic nitrogens is 1. The second-order valence-corrected chi connectivity index (χ2v) is 8.16. The third-order valence-corrected chi connectivity index (χ3v) is 5.24. The molecule has 0 bridgehead atoms. The van der Waals surface area contributed by atoms with Gasteiger partial charge in [-0.15, -0.1) is 0 Å². The van der Waals surface area contributed by atoms with Crippen LogP contribution in [0.5, 0.6) is 0 Å². The molecular formula is C21H33N3O3. The van der Waals surface area contributed by atoms with Gasteiger partial charge in [-0.05, 0) is 32.1 Å². The molecule has 1 N–H and O–H groups in total. The van der Waals surface area contributed by atoms with Gasteiger partial charge in [-0.25, -0.2) is 0 Å². The van der Waals surface area contributed by atoms with Gasteiger partial charge >= 0.3 is 0 Å². The van der Waals surface area contributed by atoms with Crippen LogP contribution < -0.4 is 10.7 Å². The number of hydrogen-bond acceptors (Lipinski definition) is 3. The molecule has 0 spiro atoms. The fourth-order valence-electron chi connectivity index (χ4n) is 3.56. The molecule has 1 fully saturated rings. The first kappa shape index (κ1) is 21.2. The minimum absolute atomic E-state index is 0.0280. The summed E-state index contributed by atoms with van der Waals surface area (Å²) >= 11 is 0. The van der Waals surface area contributed by atoms with Crippen LogP contribution in [0, 0.1) is 5.92 Å². The van der Waals surface area contributed by atoms with E-state index >= 15 is 0 Å². The molecule has 6 heteroatoms. The van der Waals surface area contributed by atoms with E-state index in [4.69, 9.17) is 0 Å². The topological polar surface area (TPSA) is 71.4 Å². The lowest BCUT2D eigenvalue weighted by Crippen LogP contribution is -2.39. The van der Waals surface area contributed by atoms with Crippen LogP contribution in [0.3, 0.4) is 0 Å². The summed E-state index contributed by atoms with van der Waals surface area (Å²) in [6.45, 7) is 8.49. The fraction of sp³-hybridized carbons (Fsp3) is 0.667. The number of rotatable bonds is 7. The second kappa shape index (κ2) is 9.20. The van der Waals surface area contributed by atoms with Gasteiger partial charge in [0, 0.05) is 38.1 Å². The van der Waals surface area contributed by atoms with Gasteiger partial charge in [0.15, 0.2) is 0 Å². The van der Waals surface area contributed by atoms with Gasteiger partial charge < -0.3 is 14.8 Å². The number of carbonyl (C=O) groups excluding carboxylic acids is 2. The Morgan fingerprint density at radius 2 is 1.78 bits per heavy atom. The first-order chi connectivity index (χ1) is 12.7. The second-order valence-electron chi connectivity index (χ2n) is 8.16. The Morgan fingerprint density at radius 3 is 2.33 bits per heavy atom. The van der Waals surface area contributed by atoms with E-state index < -0.39 is 11.3 Å². The SMILES string of the molecule is CC[C@@H](C)NC(=O)c1cn(C2CCCC2)cc(C(=O)N(C)CC(C)C)c1=O. The molecule has 0 aliphatic heterocycles. The maximum atomic E-state index is 13.0. The number of nitrogens with one attached hydrogen (secondary N) is 1. The third-order valence-electron chi connectivity index (χ3n) is 5.24. The highest BCUT2D eigenvalue weighted by molar-refractivity contribution is 5.99. The lowest BCUT2D eigenvalue weighted by atomic mass is 10.1. The lowest BCUT2D eigenvalue weighted by molar-refractivity contribution is 0.0776. The van der Waals surface area contributed by atoms with Crippen molar-refractivity contribution >= 4 is 11.8 Å². The molecule has 0 saturated heterocycles. The summed E-state index contributed by atoms with van der Waals surface area (Å²) in [7, 11) is 1.70. The van der Waals surface area contributed by atoms with E-state index in [1.54, 1.807) is 24.3 Å². The summed E-state index contributed by atoms with van der Waals surface area (Å²) in [6, 6.07) is 0.211. The molecule has 2 rings (SSSR count). The average molecular weight is 376 g/mol. The predicted molar refractivity (Wildman–Crippen MR) is 107 cm³/mol. The van der Waals surface area contributed by atoms with Crippen LogP contribution in [0.2, 0.25) is 0 Å². The van der Waals surface area contributed by atoms with Crippen LogP contribution in [-0.4, -0.2) is 40.9 Å². The van der Waals surface area contributed by atoms with Crippen molar-refractivity contribution in [3.05, 3.63) is 33.7 Å². The quantitative estimate of drug-likeness (QED) is 0.795. The van der Waals surface area contributed by atoms with Crippen LogP contribution in [-0.2, 0) is 0 Å². The highest BCUT2D eigenvalue weighted by atomic mass is 16.2. The summed E-state index contributed by atoms with van der Waals surface area (Å²) in [5, 5.41) is 2.85. The molecular weight excluding hydrogens is 342 g/mol. The Hall–Kier alpha value is -2.11. The van der Waals surface area contributed by atoms with Gasteiger partial charge in [-0.3, -0.25) is 14.4 Å². The molecule has 1 aromatic heterocycles. The number of nitrogens with zero attached hydrogens (tertiary/aromatic N) is 2. The fourth-order valence-corrected chi connectivity index (χ4v) is 3.56. The first-order valence-electron chi connectivity index (χ1n) is 10.1. The smallest absolute Gasteiger partial charge is 0.259 e. The van der Waals surface area contributed by atoms with Crippen molar-refractivity contribution in [1.29, 1.82) is 0 Å². The molecule has 1 aliphatic rings. The standard InChI is InChI=1S/C21H33N3O3/c1-6-15(4)22-20(26)17-12-24(16-9-7-8-10-16)13-18(19(17)25)21(27)23(5)11-14(2)3/h12-16H,6-11H2,1-5H3,(H,22,26)/t15-/m1/s1. The molecule has 1 saturated carbocycles. The van der Waals surface area contributed by atoms with Gasteiger partial charge in [0.05, 0.1) is 0 Å². The molecule has 6 nitrogen and oxygen atoms in total. The average Bonchev–Trinajstić information content (AvgIpc) is 3.15. The van der Waals surface area contributed by atoms with E-state index in [1.807, 2.05) is 32.3 Å². The third kappa shape index (κ3) is 5.21. The Labute approximate surface area is 161 Å². The Balaban J connectivity index is 2.46. The lowest BCUT2D eigenvalue weighted by Gasteiger charge is -2.22. The molecule has 0 aromatic carbocycles. The van der Waals surface area contributed by atoms with Gasteiger partial charge in [0.2, 0.25) is 5.43 Å². The largest absolute Gasteiger partial charge is 0.349 e. The number of hydrogen-bond donors (Lipinski definition) is 1. The van der Waals surface area contributed by atoms with Crippen LogP contribution in [0.25, 0.3) is 0 Å². The number of carbonyl (C=O) groups is 2. The minimum Gasteiger partial charge on any atom is -0.349 e. The zero-order valence-corrected chi connectivity index (χ0v) is 17.2. The summed E-state index contributed by atoms with van der Waals surface area (Å²) in [5.74, 6) is -0.422. The van der Waals surface area contributed by atoms with Crippen LogP contribution >= 0.6 is 0 Å². The summed E-state index contributed by atoms with van der Waals surface area (Å²) in [4.78, 5) is 40.1. The van der Waals surface area contributed by atoms with Crippen molar-refractivity contribution in [2.75, 3.05) is 13.6 Å². The molecule has 150 valence electrons. The van der Waals surface area contributed by atoms with Crippen molar-refractivity contribution in [1.82, 2.24) is 14.8 Å². The van der Waals surface area contributed by atoms with Gasteiger partial charge in [0.1, 0.15) is 11.1 Å². The van der Waals surface area contributed by atoms with Crippen molar-refractivity contribution in [2.45, 2.75) is 71.9 Å². The molecule has 0 unspecified atom stereocenters. The molecule has 0 radical (unpaired) electrons. The molecule has 1 aromatic rings. The van der Waals surface area contributed by atoms with Crippen LogP contribution in [0.1, 0.15) is 86.6 Å². The molecule has 27 heavy (non-hydrogen) atoms. The molecule has 2 amide bonds. The maximum Gasteiger partial charge on any atom is 0.259 e. The molecule has 1 heterocycles. The normalized spacial score (nSPS) is 15.8. The van der Waals surface area contributed by atoms with Crippen LogP contribution in [0.4, 0.5) is 0 Å². The van der Waals surface area contributed by atoms with E-state index in [9.17, 15) is 14.4 Å². The van der Waals surface area contributed by atoms with E-state index in [-0.39, 0.29) is 29.1 Å². The Bertz CT molecular complexity index is 733. The van der Waals surface area contributed by atoms with E-state index in [0.717, 1.165) is 32.1 Å². The first-order valence-corrected chi connectivity index (χ1v) is 10.1. The number of amides is 2. The zero-order chi connectivity index (χ0) is 20.1. The Morgan fingerprint density at radius 1 is 1.19 bits per heavy atom. The van der Waals surface area contributed by atoms with E-state index in [1.165, 1.54) is 0 Å². The zero-order valence-electron chi connectivity index (χ0n) is 17.2. The molecule has 1 atom stereocenters. The highest BCUT2D eigenvalue weighted by Crippen LogP contribution is 2.29. The van der Waals surface area contributed by atoms with Crippen molar-refractivity contribution in [3.63, 3.8) is 0 Å². The predicted octanol–water partition coefficient (Wildman–Crippen LogP) is 3.22. The minimum atomic E-state index is -0.481. The highest BCUT2D eigenvalue weighted by Gasteiger charge is 2.25. The maximum absolute atomic E-state index is 13.0. The van der Waals surface area contributed by atoms with E-state index in [2.05, 4.69) is 5.32 Å². The summed E-state index contributed by atoms with van der Waals surface area (Å²) in [5.41, 5.74) is -0.335. The van der Waals surface area contributed by atoms with Crippen LogP contribution in [0.15, 0.2) is 17.2 Å². The van der Waals surface area contributed by atoms with Gasteiger partial charge in [-0.2, -0.15) is 0 Å². The Kier molecular flexibility index (Phi) is 7.22. The van der Waals surface area contributed by atoms with Crippen molar-refractivity contribution in [2.24, 2.45) is 5.92 Å². The van der Waals surface area contributed by atoms with Gasteiger partial charge in [0.25, 0.3) is 11.8 Å². The molecule has 1 aliphatic carbocycles. The monoisotopic (exact) mass is 375 g/mol. The van der Waals surface area contributed by atoms with Gasteiger partial charge in [-0.1, -0.05) is 33.6 Å². The van der Waals surface area contributed by atoms with Crippen molar-refractivity contribution < 1.29 is 9.59 Å². The van der Waals surface area contributed by atoms with E-state index in [0.29, 0.717) is 12.5 Å². The number of pyridine rings is 1. The summed E-state index contributed by atoms with van der Waals surface area (Å²) < 4.78 is 1.91. The summed E-state index contributed by atoms with van der Waals surface area (Å²) in [6.07, 6.45) is 8.32. The van der Waals surface area contributed by atoms with Crippen molar-refractivity contribution in [3.8, 4) is 0 Å².